The first-order valence-corrected chi connectivity index (χ1v) is 13.1. The van der Waals surface area contributed by atoms with Crippen molar-refractivity contribution in [1.29, 1.82) is 0 Å². The highest BCUT2D eigenvalue weighted by Crippen LogP contribution is 2.35. The monoisotopic (exact) mass is 490 g/mol. The van der Waals surface area contributed by atoms with Gasteiger partial charge in [0.15, 0.2) is 5.82 Å². The van der Waals surface area contributed by atoms with Gasteiger partial charge in [-0.3, -0.25) is 9.69 Å². The smallest absolute Gasteiger partial charge is 0.320 e. The Hall–Kier alpha value is -3.04. The molecule has 3 saturated heterocycles. The maximum atomic E-state index is 11.9. The van der Waals surface area contributed by atoms with Gasteiger partial charge < -0.3 is 14.4 Å². The molecule has 0 radical (unpaired) electrons. The number of aromatic nitrogens is 4. The van der Waals surface area contributed by atoms with E-state index in [1.54, 1.807) is 0 Å². The van der Waals surface area contributed by atoms with Crippen LogP contribution in [0.2, 0.25) is 0 Å². The average molecular weight is 491 g/mol. The van der Waals surface area contributed by atoms with Crippen LogP contribution in [0.3, 0.4) is 0 Å². The second-order valence-electron chi connectivity index (χ2n) is 10.3. The molecular weight excluding hydrogens is 456 g/mol. The second kappa shape index (κ2) is 9.44. The fourth-order valence-electron chi connectivity index (χ4n) is 6.09. The van der Waals surface area contributed by atoms with E-state index in [-0.39, 0.29) is 5.97 Å². The lowest BCUT2D eigenvalue weighted by molar-refractivity contribution is -0.144. The van der Waals surface area contributed by atoms with Crippen LogP contribution in [-0.4, -0.2) is 82.2 Å². The molecule has 0 saturated carbocycles. The van der Waals surface area contributed by atoms with E-state index in [4.69, 9.17) is 24.5 Å². The highest BCUT2D eigenvalue weighted by Gasteiger charge is 2.40. The second-order valence-corrected chi connectivity index (χ2v) is 10.3. The number of benzene rings is 1. The largest absolute Gasteiger partial charge is 0.465 e. The van der Waals surface area contributed by atoms with Crippen molar-refractivity contribution in [2.24, 2.45) is 0 Å². The lowest BCUT2D eigenvalue weighted by Crippen LogP contribution is -2.37. The summed E-state index contributed by atoms with van der Waals surface area (Å²) in [6.45, 7) is 10.3. The van der Waals surface area contributed by atoms with Crippen molar-refractivity contribution in [3.8, 4) is 5.82 Å². The highest BCUT2D eigenvalue weighted by atomic mass is 16.5. The minimum absolute atomic E-state index is 0.133. The van der Waals surface area contributed by atoms with Crippen molar-refractivity contribution >= 4 is 22.7 Å². The Bertz CT molecular complexity index is 1280. The van der Waals surface area contributed by atoms with Gasteiger partial charge in [0.1, 0.15) is 11.6 Å². The number of aryl methyl sites for hydroxylation is 2. The maximum Gasteiger partial charge on any atom is 0.320 e. The van der Waals surface area contributed by atoms with E-state index < -0.39 is 0 Å². The molecule has 0 spiro atoms. The van der Waals surface area contributed by atoms with E-state index in [1.165, 1.54) is 11.1 Å². The molecule has 5 heterocycles. The minimum atomic E-state index is -0.133. The molecule has 0 N–H and O–H groups in total. The SMILES string of the molecule is CCOC(=O)CN1CCC(c2cc3c(cnn3-c3cc(N4C[C@H]5C[C@@H]4CO5)nc(C)n3)cc2C)CC1. The molecule has 2 atom stereocenters. The number of likely N-dealkylation sites (tertiary alicyclic amines) is 1. The molecule has 9 nitrogen and oxygen atoms in total. The Labute approximate surface area is 211 Å². The van der Waals surface area contributed by atoms with E-state index in [0.29, 0.717) is 31.2 Å². The molecule has 2 aromatic heterocycles. The van der Waals surface area contributed by atoms with Crippen molar-refractivity contribution in [3.63, 3.8) is 0 Å². The molecule has 2 bridgehead atoms. The summed E-state index contributed by atoms with van der Waals surface area (Å²) in [5.41, 5.74) is 3.72. The van der Waals surface area contributed by atoms with Crippen molar-refractivity contribution in [1.82, 2.24) is 24.6 Å². The Morgan fingerprint density at radius 2 is 1.94 bits per heavy atom. The number of anilines is 1. The van der Waals surface area contributed by atoms with E-state index in [1.807, 2.05) is 24.7 Å². The summed E-state index contributed by atoms with van der Waals surface area (Å²) in [6, 6.07) is 7.00. The van der Waals surface area contributed by atoms with Gasteiger partial charge in [-0.1, -0.05) is 0 Å². The van der Waals surface area contributed by atoms with Crippen molar-refractivity contribution < 1.29 is 14.3 Å². The van der Waals surface area contributed by atoms with Crippen LogP contribution >= 0.6 is 0 Å². The molecule has 3 aliphatic rings. The summed E-state index contributed by atoms with van der Waals surface area (Å²) in [4.78, 5) is 26.0. The zero-order valence-corrected chi connectivity index (χ0v) is 21.3. The molecule has 0 unspecified atom stereocenters. The van der Waals surface area contributed by atoms with Crippen LogP contribution < -0.4 is 4.90 Å². The van der Waals surface area contributed by atoms with E-state index in [2.05, 4.69) is 34.9 Å². The number of ether oxygens (including phenoxy) is 2. The summed E-state index contributed by atoms with van der Waals surface area (Å²) >= 11 is 0. The summed E-state index contributed by atoms with van der Waals surface area (Å²) in [5.74, 6) is 2.83. The zero-order chi connectivity index (χ0) is 24.8. The van der Waals surface area contributed by atoms with E-state index in [9.17, 15) is 4.79 Å². The Kier molecular flexibility index (Phi) is 6.13. The molecular formula is C27H34N6O3. The normalized spacial score (nSPS) is 22.6. The molecule has 1 aromatic carbocycles. The van der Waals surface area contributed by atoms with E-state index in [0.717, 1.165) is 73.9 Å². The zero-order valence-electron chi connectivity index (χ0n) is 21.3. The van der Waals surface area contributed by atoms with Gasteiger partial charge in [-0.15, -0.1) is 0 Å². The van der Waals surface area contributed by atoms with Crippen LogP contribution in [0.4, 0.5) is 5.82 Å². The number of rotatable bonds is 6. The topological polar surface area (TPSA) is 85.6 Å². The lowest BCUT2D eigenvalue weighted by atomic mass is 9.86. The number of hydrogen-bond donors (Lipinski definition) is 0. The highest BCUT2D eigenvalue weighted by molar-refractivity contribution is 5.82. The summed E-state index contributed by atoms with van der Waals surface area (Å²) in [7, 11) is 0. The van der Waals surface area contributed by atoms with Gasteiger partial charge in [0.05, 0.1) is 43.6 Å². The molecule has 36 heavy (non-hydrogen) atoms. The van der Waals surface area contributed by atoms with Crippen molar-refractivity contribution in [2.75, 3.05) is 44.3 Å². The molecule has 0 aliphatic carbocycles. The quantitative estimate of drug-likeness (QED) is 0.487. The Morgan fingerprint density at radius 1 is 1.14 bits per heavy atom. The third kappa shape index (κ3) is 4.35. The number of esters is 1. The first kappa shape index (κ1) is 23.4. The molecule has 9 heteroatoms. The predicted molar refractivity (Wildman–Crippen MR) is 137 cm³/mol. The number of hydrogen-bond acceptors (Lipinski definition) is 8. The van der Waals surface area contributed by atoms with Gasteiger partial charge in [-0.05, 0) is 82.3 Å². The number of nitrogens with zero attached hydrogens (tertiary/aromatic N) is 6. The molecule has 3 aliphatic heterocycles. The standard InChI is InChI=1S/C27H34N6O3/c1-4-35-27(34)15-31-7-5-19(6-8-31)23-11-24-20(9-17(23)2)13-28-33(24)26-12-25(29-18(3)30-26)32-14-22-10-21(32)16-36-22/h9,11-13,19,21-22H,4-8,10,14-16H2,1-3H3/t21-,22-/m1/s1. The minimum Gasteiger partial charge on any atom is -0.465 e. The Morgan fingerprint density at radius 3 is 2.67 bits per heavy atom. The molecule has 3 aromatic rings. The molecule has 3 fully saturated rings. The third-order valence-corrected chi connectivity index (χ3v) is 7.86. The first-order chi connectivity index (χ1) is 17.5. The van der Waals surface area contributed by atoms with Crippen LogP contribution in [0.5, 0.6) is 0 Å². The number of piperidine rings is 1. The van der Waals surface area contributed by atoms with Crippen LogP contribution in [0.25, 0.3) is 16.7 Å². The number of morpholine rings is 1. The summed E-state index contributed by atoms with van der Waals surface area (Å²) in [6.07, 6.45) is 5.36. The Balaban J connectivity index is 1.26. The maximum absolute atomic E-state index is 11.9. The van der Waals surface area contributed by atoms with Gasteiger partial charge >= 0.3 is 5.97 Å². The van der Waals surface area contributed by atoms with Crippen molar-refractivity contribution in [2.45, 2.75) is 58.1 Å². The number of carbonyl (C=O) groups excluding carboxylic acids is 1. The van der Waals surface area contributed by atoms with E-state index >= 15 is 0 Å². The lowest BCUT2D eigenvalue weighted by Gasteiger charge is -2.32. The van der Waals surface area contributed by atoms with Gasteiger partial charge in [-0.2, -0.15) is 5.10 Å². The van der Waals surface area contributed by atoms with Gasteiger partial charge in [-0.25, -0.2) is 14.6 Å². The number of carbonyl (C=O) groups is 1. The molecule has 0 amide bonds. The van der Waals surface area contributed by atoms with Crippen LogP contribution in [0.1, 0.15) is 49.1 Å². The molecule has 6 rings (SSSR count). The van der Waals surface area contributed by atoms with Crippen LogP contribution in [0, 0.1) is 13.8 Å². The van der Waals surface area contributed by atoms with Gasteiger partial charge in [0.2, 0.25) is 0 Å². The number of fused-ring (bicyclic) bond motifs is 3. The fourth-order valence-corrected chi connectivity index (χ4v) is 6.09. The molecule has 190 valence electrons. The predicted octanol–water partition coefficient (Wildman–Crippen LogP) is 3.15. The van der Waals surface area contributed by atoms with Crippen LogP contribution in [0.15, 0.2) is 24.4 Å². The van der Waals surface area contributed by atoms with Gasteiger partial charge in [0.25, 0.3) is 0 Å². The van der Waals surface area contributed by atoms with Gasteiger partial charge in [0, 0.05) is 18.0 Å². The first-order valence-electron chi connectivity index (χ1n) is 13.1. The average Bonchev–Trinajstić information content (AvgIpc) is 3.60. The fraction of sp³-hybridized carbons (Fsp3) is 0.556. The van der Waals surface area contributed by atoms with Crippen molar-refractivity contribution in [3.05, 3.63) is 41.3 Å². The van der Waals surface area contributed by atoms with Crippen LogP contribution in [-0.2, 0) is 14.3 Å². The third-order valence-electron chi connectivity index (χ3n) is 7.86. The summed E-state index contributed by atoms with van der Waals surface area (Å²) in [5, 5.41) is 5.85. The summed E-state index contributed by atoms with van der Waals surface area (Å²) < 4.78 is 12.9.